The molecule has 0 aromatic heterocycles. The number of rotatable bonds is 7. The van der Waals surface area contributed by atoms with Gasteiger partial charge in [-0.3, -0.25) is 4.90 Å². The largest absolute Gasteiger partial charge is 0.376 e. The second-order valence-electron chi connectivity index (χ2n) is 4.63. The Morgan fingerprint density at radius 3 is 3.00 bits per heavy atom. The van der Waals surface area contributed by atoms with E-state index in [-0.39, 0.29) is 6.04 Å². The lowest BCUT2D eigenvalue weighted by molar-refractivity contribution is -0.0301. The normalized spacial score (nSPS) is 23.2. The molecule has 1 aliphatic heterocycles. The molecule has 0 aromatic carbocycles. The average Bonchev–Trinajstić information content (AvgIpc) is 2.39. The fourth-order valence-electron chi connectivity index (χ4n) is 2.07. The molecule has 17 heavy (non-hydrogen) atoms. The minimum atomic E-state index is -0.00197. The van der Waals surface area contributed by atoms with E-state index in [1.807, 2.05) is 0 Å². The molecule has 0 radical (unpaired) electrons. The predicted octanol–water partition coefficient (Wildman–Crippen LogP) is 1.38. The van der Waals surface area contributed by atoms with Crippen LogP contribution in [0.15, 0.2) is 0 Å². The molecule has 1 N–H and O–H groups in total. The van der Waals surface area contributed by atoms with Crippen molar-refractivity contribution in [2.45, 2.75) is 45.3 Å². The highest BCUT2D eigenvalue weighted by atomic mass is 16.5. The molecule has 0 amide bonds. The number of hydrogen-bond donors (Lipinski definition) is 1. The van der Waals surface area contributed by atoms with Crippen LogP contribution in [-0.4, -0.2) is 49.8 Å². The van der Waals surface area contributed by atoms with Gasteiger partial charge in [0.2, 0.25) is 0 Å². The first kappa shape index (κ1) is 14.4. The fourth-order valence-corrected chi connectivity index (χ4v) is 2.07. The first-order valence-electron chi connectivity index (χ1n) is 6.77. The summed E-state index contributed by atoms with van der Waals surface area (Å²) in [5.74, 6) is 0. The van der Waals surface area contributed by atoms with Gasteiger partial charge in [0.15, 0.2) is 0 Å². The van der Waals surface area contributed by atoms with Crippen LogP contribution in [0.5, 0.6) is 0 Å². The van der Waals surface area contributed by atoms with E-state index in [2.05, 4.69) is 30.1 Å². The zero-order chi connectivity index (χ0) is 12.5. The second kappa shape index (κ2) is 8.46. The lowest BCUT2D eigenvalue weighted by atomic mass is 10.1. The zero-order valence-corrected chi connectivity index (χ0v) is 11.1. The van der Waals surface area contributed by atoms with Crippen molar-refractivity contribution in [3.63, 3.8) is 0 Å². The molecule has 4 heteroatoms. The maximum atomic E-state index is 9.02. The van der Waals surface area contributed by atoms with Crippen LogP contribution in [0.2, 0.25) is 0 Å². The summed E-state index contributed by atoms with van der Waals surface area (Å²) in [5, 5.41) is 12.3. The molecule has 1 aliphatic rings. The molecule has 98 valence electrons. The summed E-state index contributed by atoms with van der Waals surface area (Å²) in [4.78, 5) is 2.41. The van der Waals surface area contributed by atoms with E-state index in [9.17, 15) is 0 Å². The van der Waals surface area contributed by atoms with Crippen LogP contribution in [0.1, 0.15) is 33.1 Å². The number of nitriles is 1. The maximum absolute atomic E-state index is 9.02. The molecular weight excluding hydrogens is 214 g/mol. The number of nitrogens with one attached hydrogen (secondary N) is 1. The van der Waals surface area contributed by atoms with E-state index in [0.717, 1.165) is 52.0 Å². The lowest BCUT2D eigenvalue weighted by Crippen LogP contribution is -2.44. The van der Waals surface area contributed by atoms with E-state index in [1.165, 1.54) is 0 Å². The van der Waals surface area contributed by atoms with Gasteiger partial charge in [-0.25, -0.2) is 0 Å². The minimum absolute atomic E-state index is 0.00197. The van der Waals surface area contributed by atoms with Crippen molar-refractivity contribution in [2.24, 2.45) is 0 Å². The molecule has 4 nitrogen and oxygen atoms in total. The summed E-state index contributed by atoms with van der Waals surface area (Å²) < 4.78 is 5.63. The summed E-state index contributed by atoms with van der Waals surface area (Å²) in [6.45, 7) is 9.06. The Bertz CT molecular complexity index is 239. The van der Waals surface area contributed by atoms with Gasteiger partial charge in [-0.2, -0.15) is 5.26 Å². The first-order valence-corrected chi connectivity index (χ1v) is 6.77. The third-order valence-corrected chi connectivity index (χ3v) is 3.21. The lowest BCUT2D eigenvalue weighted by Gasteiger charge is -2.32. The molecule has 0 aliphatic carbocycles. The van der Waals surface area contributed by atoms with Gasteiger partial charge in [-0.05, 0) is 25.8 Å². The van der Waals surface area contributed by atoms with Crippen LogP contribution in [-0.2, 0) is 4.74 Å². The summed E-state index contributed by atoms with van der Waals surface area (Å²) >= 11 is 0. The number of ether oxygens (including phenoxy) is 1. The van der Waals surface area contributed by atoms with Crippen molar-refractivity contribution in [1.82, 2.24) is 10.2 Å². The Kier molecular flexibility index (Phi) is 7.18. The number of morpholine rings is 1. The predicted molar refractivity (Wildman–Crippen MR) is 68.8 cm³/mol. The molecule has 2 atom stereocenters. The first-order chi connectivity index (χ1) is 8.30. The van der Waals surface area contributed by atoms with Crippen LogP contribution >= 0.6 is 0 Å². The van der Waals surface area contributed by atoms with Crippen LogP contribution in [0.3, 0.4) is 0 Å². The molecule has 1 fully saturated rings. The number of nitrogens with zero attached hydrogens (tertiary/aromatic N) is 2. The van der Waals surface area contributed by atoms with Crippen molar-refractivity contribution in [3.05, 3.63) is 0 Å². The second-order valence-corrected chi connectivity index (χ2v) is 4.63. The Morgan fingerprint density at radius 1 is 1.53 bits per heavy atom. The molecule has 1 rings (SSSR count). The topological polar surface area (TPSA) is 48.3 Å². The molecule has 1 heterocycles. The Balaban J connectivity index is 2.21. The Morgan fingerprint density at radius 2 is 2.35 bits per heavy atom. The smallest absolute Gasteiger partial charge is 0.0965 e. The van der Waals surface area contributed by atoms with E-state index < -0.39 is 0 Å². The minimum Gasteiger partial charge on any atom is -0.376 e. The highest BCUT2D eigenvalue weighted by molar-refractivity contribution is 4.90. The van der Waals surface area contributed by atoms with Crippen LogP contribution in [0, 0.1) is 11.3 Å². The molecule has 1 saturated heterocycles. The maximum Gasteiger partial charge on any atom is 0.0965 e. The Labute approximate surface area is 105 Å². The third-order valence-electron chi connectivity index (χ3n) is 3.21. The van der Waals surface area contributed by atoms with E-state index in [1.54, 1.807) is 0 Å². The molecular formula is C13H25N3O. The Hall–Kier alpha value is -0.630. The van der Waals surface area contributed by atoms with Crippen molar-refractivity contribution in [1.29, 1.82) is 5.26 Å². The summed E-state index contributed by atoms with van der Waals surface area (Å²) in [6, 6.07) is 2.33. The average molecular weight is 239 g/mol. The quantitative estimate of drug-likeness (QED) is 0.729. The molecule has 0 saturated carbocycles. The summed E-state index contributed by atoms with van der Waals surface area (Å²) in [5.41, 5.74) is 0. The molecule has 0 spiro atoms. The highest BCUT2D eigenvalue weighted by Gasteiger charge is 2.19. The third kappa shape index (κ3) is 5.49. The monoisotopic (exact) mass is 239 g/mol. The van der Waals surface area contributed by atoms with Gasteiger partial charge in [0.1, 0.15) is 0 Å². The van der Waals surface area contributed by atoms with Gasteiger partial charge in [0.05, 0.1) is 24.8 Å². The van der Waals surface area contributed by atoms with Crippen LogP contribution in [0.4, 0.5) is 0 Å². The van der Waals surface area contributed by atoms with E-state index in [4.69, 9.17) is 10.00 Å². The highest BCUT2D eigenvalue weighted by Crippen LogP contribution is 2.09. The van der Waals surface area contributed by atoms with Gasteiger partial charge in [-0.15, -0.1) is 0 Å². The van der Waals surface area contributed by atoms with Gasteiger partial charge in [0, 0.05) is 19.6 Å². The van der Waals surface area contributed by atoms with E-state index >= 15 is 0 Å². The van der Waals surface area contributed by atoms with Crippen molar-refractivity contribution in [2.75, 3.05) is 32.8 Å². The van der Waals surface area contributed by atoms with Gasteiger partial charge in [0.25, 0.3) is 0 Å². The van der Waals surface area contributed by atoms with Crippen molar-refractivity contribution >= 4 is 0 Å². The summed E-state index contributed by atoms with van der Waals surface area (Å²) in [7, 11) is 0. The molecule has 2 unspecified atom stereocenters. The number of hydrogen-bond acceptors (Lipinski definition) is 4. The van der Waals surface area contributed by atoms with Gasteiger partial charge >= 0.3 is 0 Å². The van der Waals surface area contributed by atoms with Crippen molar-refractivity contribution in [3.8, 4) is 6.07 Å². The molecule has 0 bridgehead atoms. The molecule has 0 aromatic rings. The van der Waals surface area contributed by atoms with Gasteiger partial charge in [-0.1, -0.05) is 13.8 Å². The standard InChI is InChI=1S/C13H25N3O/c1-3-6-15-12(10-14)5-7-16-8-9-17-13(4-2)11-16/h12-13,15H,3-9,11H2,1-2H3. The van der Waals surface area contributed by atoms with E-state index in [0.29, 0.717) is 6.10 Å². The summed E-state index contributed by atoms with van der Waals surface area (Å²) in [6.07, 6.45) is 3.44. The van der Waals surface area contributed by atoms with Crippen LogP contribution < -0.4 is 5.32 Å². The van der Waals surface area contributed by atoms with Crippen molar-refractivity contribution < 1.29 is 4.74 Å². The SMILES string of the molecule is CCCNC(C#N)CCN1CCOC(CC)C1. The van der Waals surface area contributed by atoms with Gasteiger partial charge < -0.3 is 10.1 Å². The fraction of sp³-hybridized carbons (Fsp3) is 0.923. The zero-order valence-electron chi connectivity index (χ0n) is 11.1. The van der Waals surface area contributed by atoms with Crippen LogP contribution in [0.25, 0.3) is 0 Å².